The summed E-state index contributed by atoms with van der Waals surface area (Å²) in [5.41, 5.74) is 0. The number of hydrogen-bond acceptors (Lipinski definition) is 2. The molecule has 1 N–H and O–H groups in total. The van der Waals surface area contributed by atoms with E-state index < -0.39 is 0 Å². The van der Waals surface area contributed by atoms with Gasteiger partial charge in [0.05, 0.1) is 0 Å². The fraction of sp³-hybridized carbons (Fsp3) is 1.00. The Morgan fingerprint density at radius 2 is 2.07 bits per heavy atom. The van der Waals surface area contributed by atoms with Crippen molar-refractivity contribution in [3.05, 3.63) is 0 Å². The van der Waals surface area contributed by atoms with Crippen molar-refractivity contribution in [1.82, 2.24) is 10.2 Å². The van der Waals surface area contributed by atoms with Gasteiger partial charge in [0, 0.05) is 19.1 Å². The van der Waals surface area contributed by atoms with E-state index in [2.05, 4.69) is 37.9 Å². The fourth-order valence-electron chi connectivity index (χ4n) is 2.27. The van der Waals surface area contributed by atoms with Gasteiger partial charge in [-0.1, -0.05) is 27.7 Å². The molecule has 0 aromatic heterocycles. The van der Waals surface area contributed by atoms with Gasteiger partial charge in [0.15, 0.2) is 0 Å². The maximum atomic E-state index is 3.67. The Morgan fingerprint density at radius 1 is 1.36 bits per heavy atom. The van der Waals surface area contributed by atoms with Crippen molar-refractivity contribution in [2.45, 2.75) is 40.2 Å². The summed E-state index contributed by atoms with van der Waals surface area (Å²) < 4.78 is 0. The lowest BCUT2D eigenvalue weighted by atomic mass is 9.95. The monoisotopic (exact) mass is 198 g/mol. The molecule has 14 heavy (non-hydrogen) atoms. The van der Waals surface area contributed by atoms with Gasteiger partial charge in [0.25, 0.3) is 0 Å². The van der Waals surface area contributed by atoms with Crippen LogP contribution in [0.15, 0.2) is 0 Å². The van der Waals surface area contributed by atoms with Gasteiger partial charge in [-0.05, 0) is 31.3 Å². The molecule has 0 saturated carbocycles. The molecule has 1 fully saturated rings. The first-order valence-corrected chi connectivity index (χ1v) is 6.07. The number of nitrogens with zero attached hydrogens (tertiary/aromatic N) is 1. The topological polar surface area (TPSA) is 15.3 Å². The van der Waals surface area contributed by atoms with Crippen molar-refractivity contribution in [3.8, 4) is 0 Å². The molecule has 0 spiro atoms. The molecule has 0 radical (unpaired) electrons. The van der Waals surface area contributed by atoms with Crippen LogP contribution in [0.3, 0.4) is 0 Å². The van der Waals surface area contributed by atoms with Crippen LogP contribution >= 0.6 is 0 Å². The molecule has 1 aliphatic heterocycles. The second-order valence-corrected chi connectivity index (χ2v) is 5.19. The third kappa shape index (κ3) is 3.97. The van der Waals surface area contributed by atoms with E-state index in [0.717, 1.165) is 24.4 Å². The number of nitrogens with one attached hydrogen (secondary N) is 1. The van der Waals surface area contributed by atoms with E-state index in [4.69, 9.17) is 0 Å². The van der Waals surface area contributed by atoms with Crippen LogP contribution in [0.5, 0.6) is 0 Å². The van der Waals surface area contributed by atoms with Crippen molar-refractivity contribution in [1.29, 1.82) is 0 Å². The standard InChI is InChI=1S/C12H26N2/c1-5-14-8-11(4)6-12(9-14)13-7-10(2)3/h10-13H,5-9H2,1-4H3. The number of piperidine rings is 1. The zero-order chi connectivity index (χ0) is 10.6. The quantitative estimate of drug-likeness (QED) is 0.743. The number of rotatable bonds is 4. The second-order valence-electron chi connectivity index (χ2n) is 5.19. The van der Waals surface area contributed by atoms with Crippen LogP contribution in [0, 0.1) is 11.8 Å². The average Bonchev–Trinajstić information content (AvgIpc) is 2.14. The molecule has 0 aromatic carbocycles. The minimum absolute atomic E-state index is 0.723. The summed E-state index contributed by atoms with van der Waals surface area (Å²) in [6.45, 7) is 14.1. The molecule has 0 amide bonds. The minimum Gasteiger partial charge on any atom is -0.312 e. The Labute approximate surface area is 89.1 Å². The highest BCUT2D eigenvalue weighted by atomic mass is 15.2. The molecule has 1 heterocycles. The minimum atomic E-state index is 0.723. The Bertz CT molecular complexity index is 156. The summed E-state index contributed by atoms with van der Waals surface area (Å²) in [5.74, 6) is 1.62. The third-order valence-corrected chi connectivity index (χ3v) is 3.00. The maximum Gasteiger partial charge on any atom is 0.0198 e. The van der Waals surface area contributed by atoms with Crippen LogP contribution in [0.1, 0.15) is 34.1 Å². The van der Waals surface area contributed by atoms with E-state index in [-0.39, 0.29) is 0 Å². The summed E-state index contributed by atoms with van der Waals surface area (Å²) in [4.78, 5) is 2.56. The predicted octanol–water partition coefficient (Wildman–Crippen LogP) is 1.96. The number of hydrogen-bond donors (Lipinski definition) is 1. The molecule has 84 valence electrons. The van der Waals surface area contributed by atoms with E-state index in [1.807, 2.05) is 0 Å². The Kier molecular flexibility index (Phi) is 4.90. The molecule has 1 rings (SSSR count). The normalized spacial score (nSPS) is 29.8. The van der Waals surface area contributed by atoms with Crippen LogP contribution in [0.25, 0.3) is 0 Å². The lowest BCUT2D eigenvalue weighted by molar-refractivity contribution is 0.154. The second kappa shape index (κ2) is 5.72. The van der Waals surface area contributed by atoms with Crippen molar-refractivity contribution < 1.29 is 0 Å². The molecule has 0 aromatic rings. The Hall–Kier alpha value is -0.0800. The number of likely N-dealkylation sites (N-methyl/N-ethyl adjacent to an activating group) is 1. The lowest BCUT2D eigenvalue weighted by Crippen LogP contribution is -2.49. The summed E-state index contributed by atoms with van der Waals surface area (Å²) in [7, 11) is 0. The molecule has 2 heteroatoms. The van der Waals surface area contributed by atoms with Crippen molar-refractivity contribution in [2.24, 2.45) is 11.8 Å². The van der Waals surface area contributed by atoms with Gasteiger partial charge in [0.1, 0.15) is 0 Å². The van der Waals surface area contributed by atoms with Crippen molar-refractivity contribution >= 4 is 0 Å². The van der Waals surface area contributed by atoms with Crippen molar-refractivity contribution in [3.63, 3.8) is 0 Å². The highest BCUT2D eigenvalue weighted by molar-refractivity contribution is 4.81. The van der Waals surface area contributed by atoms with E-state index >= 15 is 0 Å². The predicted molar refractivity (Wildman–Crippen MR) is 62.5 cm³/mol. The maximum absolute atomic E-state index is 3.67. The summed E-state index contributed by atoms with van der Waals surface area (Å²) in [5, 5.41) is 3.67. The Morgan fingerprint density at radius 3 is 2.64 bits per heavy atom. The average molecular weight is 198 g/mol. The molecular weight excluding hydrogens is 172 g/mol. The molecular formula is C12H26N2. The van der Waals surface area contributed by atoms with Gasteiger partial charge in [-0.15, -0.1) is 0 Å². The van der Waals surface area contributed by atoms with Gasteiger partial charge in [0.2, 0.25) is 0 Å². The summed E-state index contributed by atoms with van der Waals surface area (Å²) in [6, 6.07) is 0.723. The van der Waals surface area contributed by atoms with E-state index in [1.54, 1.807) is 0 Å². The van der Waals surface area contributed by atoms with Gasteiger partial charge in [-0.3, -0.25) is 0 Å². The molecule has 2 atom stereocenters. The third-order valence-electron chi connectivity index (χ3n) is 3.00. The summed E-state index contributed by atoms with van der Waals surface area (Å²) >= 11 is 0. The Balaban J connectivity index is 2.30. The highest BCUT2D eigenvalue weighted by Crippen LogP contribution is 2.15. The largest absolute Gasteiger partial charge is 0.312 e. The van der Waals surface area contributed by atoms with E-state index in [9.17, 15) is 0 Å². The van der Waals surface area contributed by atoms with Crippen LogP contribution in [0.2, 0.25) is 0 Å². The van der Waals surface area contributed by atoms with Crippen LogP contribution in [0.4, 0.5) is 0 Å². The molecule has 2 nitrogen and oxygen atoms in total. The first kappa shape index (κ1) is 12.0. The summed E-state index contributed by atoms with van der Waals surface area (Å²) in [6.07, 6.45) is 1.35. The van der Waals surface area contributed by atoms with Crippen LogP contribution in [-0.4, -0.2) is 37.1 Å². The molecule has 0 aliphatic carbocycles. The first-order valence-electron chi connectivity index (χ1n) is 6.07. The molecule has 0 bridgehead atoms. The first-order chi connectivity index (χ1) is 6.61. The van der Waals surface area contributed by atoms with Crippen LogP contribution in [-0.2, 0) is 0 Å². The lowest BCUT2D eigenvalue weighted by Gasteiger charge is -2.36. The highest BCUT2D eigenvalue weighted by Gasteiger charge is 2.23. The van der Waals surface area contributed by atoms with Gasteiger partial charge < -0.3 is 10.2 Å². The SMILES string of the molecule is CCN1CC(C)CC(NCC(C)C)C1. The zero-order valence-corrected chi connectivity index (χ0v) is 10.2. The zero-order valence-electron chi connectivity index (χ0n) is 10.2. The van der Waals surface area contributed by atoms with Crippen molar-refractivity contribution in [2.75, 3.05) is 26.2 Å². The smallest absolute Gasteiger partial charge is 0.0198 e. The van der Waals surface area contributed by atoms with E-state index in [1.165, 1.54) is 26.1 Å². The fourth-order valence-corrected chi connectivity index (χ4v) is 2.27. The molecule has 2 unspecified atom stereocenters. The number of likely N-dealkylation sites (tertiary alicyclic amines) is 1. The van der Waals surface area contributed by atoms with Gasteiger partial charge in [-0.25, -0.2) is 0 Å². The van der Waals surface area contributed by atoms with Gasteiger partial charge >= 0.3 is 0 Å². The van der Waals surface area contributed by atoms with E-state index in [0.29, 0.717) is 0 Å². The molecule has 1 aliphatic rings. The van der Waals surface area contributed by atoms with Gasteiger partial charge in [-0.2, -0.15) is 0 Å². The van der Waals surface area contributed by atoms with Crippen LogP contribution < -0.4 is 5.32 Å². The molecule has 1 saturated heterocycles.